The van der Waals surface area contributed by atoms with Crippen LogP contribution in [0.4, 0.5) is 5.69 Å². The summed E-state index contributed by atoms with van der Waals surface area (Å²) in [6.07, 6.45) is 0. The third-order valence-corrected chi connectivity index (χ3v) is 2.03. The van der Waals surface area contributed by atoms with Gasteiger partial charge in [-0.25, -0.2) is 0 Å². The van der Waals surface area contributed by atoms with Crippen LogP contribution in [0.15, 0.2) is 24.3 Å². The lowest BCUT2D eigenvalue weighted by atomic mass is 10.2. The molecule has 7 nitrogen and oxygen atoms in total. The van der Waals surface area contributed by atoms with E-state index in [1.54, 1.807) is 0 Å². The molecule has 1 aromatic carbocycles. The van der Waals surface area contributed by atoms with Gasteiger partial charge in [-0.1, -0.05) is 0 Å². The van der Waals surface area contributed by atoms with Crippen molar-refractivity contribution in [3.8, 4) is 0 Å². The summed E-state index contributed by atoms with van der Waals surface area (Å²) in [6, 6.07) is 4.53. The SMILES string of the molecule is N[C@@H](CO)C(=O)OCc1ccc([N+](=O)[O-])cc1. The van der Waals surface area contributed by atoms with Crippen molar-refractivity contribution in [2.24, 2.45) is 5.73 Å². The summed E-state index contributed by atoms with van der Waals surface area (Å²) in [6.45, 7) is -0.524. The first-order chi connectivity index (χ1) is 8.04. The topological polar surface area (TPSA) is 116 Å². The van der Waals surface area contributed by atoms with Crippen LogP contribution in [0.2, 0.25) is 0 Å². The van der Waals surface area contributed by atoms with E-state index in [1.165, 1.54) is 24.3 Å². The van der Waals surface area contributed by atoms with E-state index in [2.05, 4.69) is 0 Å². The molecular formula is C10H12N2O5. The third-order valence-electron chi connectivity index (χ3n) is 2.03. The molecule has 0 heterocycles. The van der Waals surface area contributed by atoms with Gasteiger partial charge in [0.05, 0.1) is 11.5 Å². The molecule has 7 heteroatoms. The summed E-state index contributed by atoms with van der Waals surface area (Å²) in [7, 11) is 0. The van der Waals surface area contributed by atoms with E-state index >= 15 is 0 Å². The number of carbonyl (C=O) groups is 1. The van der Waals surface area contributed by atoms with Crippen molar-refractivity contribution < 1.29 is 19.6 Å². The van der Waals surface area contributed by atoms with Crippen LogP contribution in [-0.4, -0.2) is 28.6 Å². The Hall–Kier alpha value is -1.99. The minimum Gasteiger partial charge on any atom is -0.460 e. The maximum atomic E-state index is 11.1. The molecule has 0 bridgehead atoms. The summed E-state index contributed by atoms with van der Waals surface area (Å²) >= 11 is 0. The average Bonchev–Trinajstić information content (AvgIpc) is 2.35. The predicted octanol–water partition coefficient (Wildman–Crippen LogP) is -0.0424. The molecule has 0 saturated carbocycles. The molecule has 0 aliphatic carbocycles. The van der Waals surface area contributed by atoms with Crippen molar-refractivity contribution in [2.75, 3.05) is 6.61 Å². The second kappa shape index (κ2) is 5.92. The van der Waals surface area contributed by atoms with Crippen LogP contribution in [0.3, 0.4) is 0 Å². The monoisotopic (exact) mass is 240 g/mol. The van der Waals surface area contributed by atoms with Crippen molar-refractivity contribution in [3.63, 3.8) is 0 Å². The Morgan fingerprint density at radius 1 is 1.47 bits per heavy atom. The van der Waals surface area contributed by atoms with Crippen LogP contribution in [0.25, 0.3) is 0 Å². The van der Waals surface area contributed by atoms with E-state index in [0.29, 0.717) is 5.56 Å². The number of nitro benzene ring substituents is 1. The summed E-state index contributed by atoms with van der Waals surface area (Å²) < 4.78 is 4.79. The van der Waals surface area contributed by atoms with Gasteiger partial charge in [-0.05, 0) is 17.7 Å². The van der Waals surface area contributed by atoms with Gasteiger partial charge >= 0.3 is 5.97 Å². The quantitative estimate of drug-likeness (QED) is 0.423. The first kappa shape index (κ1) is 13.1. The molecule has 1 aromatic rings. The van der Waals surface area contributed by atoms with Gasteiger partial charge in [0.15, 0.2) is 0 Å². The van der Waals surface area contributed by atoms with Gasteiger partial charge in [-0.15, -0.1) is 0 Å². The molecule has 3 N–H and O–H groups in total. The Labute approximate surface area is 97.0 Å². The van der Waals surface area contributed by atoms with E-state index in [9.17, 15) is 14.9 Å². The van der Waals surface area contributed by atoms with Crippen molar-refractivity contribution in [1.29, 1.82) is 0 Å². The third kappa shape index (κ3) is 3.82. The Kier molecular flexibility index (Phi) is 4.56. The molecule has 0 aromatic heterocycles. The molecule has 0 radical (unpaired) electrons. The lowest BCUT2D eigenvalue weighted by Crippen LogP contribution is -2.35. The summed E-state index contributed by atoms with van der Waals surface area (Å²) in [5.74, 6) is -0.717. The minimum absolute atomic E-state index is 0.0351. The molecule has 0 fully saturated rings. The van der Waals surface area contributed by atoms with Gasteiger partial charge in [0, 0.05) is 12.1 Å². The summed E-state index contributed by atoms with van der Waals surface area (Å²) in [5.41, 5.74) is 5.80. The van der Waals surface area contributed by atoms with Crippen LogP contribution in [0.5, 0.6) is 0 Å². The Morgan fingerprint density at radius 3 is 2.53 bits per heavy atom. The number of hydrogen-bond donors (Lipinski definition) is 2. The normalized spacial score (nSPS) is 11.9. The largest absolute Gasteiger partial charge is 0.460 e. The van der Waals surface area contributed by atoms with Crippen molar-refractivity contribution >= 4 is 11.7 Å². The molecule has 0 aliphatic rings. The highest BCUT2D eigenvalue weighted by Crippen LogP contribution is 2.12. The minimum atomic E-state index is -1.06. The van der Waals surface area contributed by atoms with Crippen LogP contribution in [-0.2, 0) is 16.1 Å². The van der Waals surface area contributed by atoms with E-state index in [1.807, 2.05) is 0 Å². The Balaban J connectivity index is 2.53. The molecular weight excluding hydrogens is 228 g/mol. The second-order valence-corrected chi connectivity index (χ2v) is 3.32. The number of carbonyl (C=O) groups excluding carboxylic acids is 1. The number of esters is 1. The zero-order chi connectivity index (χ0) is 12.8. The number of nitrogens with zero attached hydrogens (tertiary/aromatic N) is 1. The number of rotatable bonds is 5. The number of aliphatic hydroxyl groups is 1. The van der Waals surface area contributed by atoms with Gasteiger partial charge in [0.2, 0.25) is 0 Å². The molecule has 0 amide bonds. The van der Waals surface area contributed by atoms with E-state index in [0.717, 1.165) is 0 Å². The first-order valence-corrected chi connectivity index (χ1v) is 4.81. The van der Waals surface area contributed by atoms with Crippen LogP contribution >= 0.6 is 0 Å². The standard InChI is InChI=1S/C10H12N2O5/c11-9(5-13)10(14)17-6-7-1-3-8(4-2-7)12(15)16/h1-4,9,13H,5-6,11H2/t9-/m0/s1. The number of aliphatic hydroxyl groups excluding tert-OH is 1. The van der Waals surface area contributed by atoms with Gasteiger partial charge < -0.3 is 15.6 Å². The highest BCUT2D eigenvalue weighted by atomic mass is 16.6. The molecule has 0 aliphatic heterocycles. The fraction of sp³-hybridized carbons (Fsp3) is 0.300. The van der Waals surface area contributed by atoms with E-state index in [4.69, 9.17) is 15.6 Å². The number of nitrogens with two attached hydrogens (primary N) is 1. The molecule has 0 saturated heterocycles. The van der Waals surface area contributed by atoms with Crippen LogP contribution in [0.1, 0.15) is 5.56 Å². The van der Waals surface area contributed by atoms with Crippen LogP contribution < -0.4 is 5.73 Å². The maximum Gasteiger partial charge on any atom is 0.325 e. The number of nitro groups is 1. The molecule has 0 unspecified atom stereocenters. The van der Waals surface area contributed by atoms with E-state index in [-0.39, 0.29) is 12.3 Å². The zero-order valence-electron chi connectivity index (χ0n) is 8.91. The lowest BCUT2D eigenvalue weighted by Gasteiger charge is -2.08. The predicted molar refractivity (Wildman–Crippen MR) is 58.0 cm³/mol. The average molecular weight is 240 g/mol. The lowest BCUT2D eigenvalue weighted by molar-refractivity contribution is -0.384. The molecule has 17 heavy (non-hydrogen) atoms. The number of non-ortho nitro benzene ring substituents is 1. The smallest absolute Gasteiger partial charge is 0.325 e. The number of hydrogen-bond acceptors (Lipinski definition) is 6. The highest BCUT2D eigenvalue weighted by Gasteiger charge is 2.13. The van der Waals surface area contributed by atoms with Gasteiger partial charge in [-0.2, -0.15) is 0 Å². The van der Waals surface area contributed by atoms with E-state index < -0.39 is 23.5 Å². The van der Waals surface area contributed by atoms with Crippen LogP contribution in [0, 0.1) is 10.1 Å². The maximum absolute atomic E-state index is 11.1. The van der Waals surface area contributed by atoms with Gasteiger partial charge in [0.1, 0.15) is 12.6 Å². The van der Waals surface area contributed by atoms with Crippen molar-refractivity contribution in [2.45, 2.75) is 12.6 Å². The molecule has 92 valence electrons. The Bertz CT molecular complexity index is 404. The fourth-order valence-electron chi connectivity index (χ4n) is 1.05. The van der Waals surface area contributed by atoms with Crippen molar-refractivity contribution in [1.82, 2.24) is 0 Å². The number of ether oxygens (including phenoxy) is 1. The second-order valence-electron chi connectivity index (χ2n) is 3.32. The van der Waals surface area contributed by atoms with Gasteiger partial charge in [0.25, 0.3) is 5.69 Å². The molecule has 0 spiro atoms. The highest BCUT2D eigenvalue weighted by molar-refractivity contribution is 5.75. The zero-order valence-corrected chi connectivity index (χ0v) is 8.91. The number of benzene rings is 1. The van der Waals surface area contributed by atoms with Gasteiger partial charge in [-0.3, -0.25) is 14.9 Å². The van der Waals surface area contributed by atoms with Crippen molar-refractivity contribution in [3.05, 3.63) is 39.9 Å². The first-order valence-electron chi connectivity index (χ1n) is 4.81. The molecule has 1 atom stereocenters. The molecule has 1 rings (SSSR count). The Morgan fingerprint density at radius 2 is 2.06 bits per heavy atom. The summed E-state index contributed by atoms with van der Waals surface area (Å²) in [4.78, 5) is 21.0. The summed E-state index contributed by atoms with van der Waals surface area (Å²) in [5, 5.41) is 19.0. The fourth-order valence-corrected chi connectivity index (χ4v) is 1.05.